The van der Waals surface area contributed by atoms with Crippen LogP contribution in [0, 0.1) is 6.92 Å². The van der Waals surface area contributed by atoms with Crippen molar-refractivity contribution in [2.45, 2.75) is 63.9 Å². The van der Waals surface area contributed by atoms with Gasteiger partial charge >= 0.3 is 0 Å². The van der Waals surface area contributed by atoms with E-state index < -0.39 is 22.0 Å². The van der Waals surface area contributed by atoms with Crippen molar-refractivity contribution in [3.63, 3.8) is 0 Å². The lowest BCUT2D eigenvalue weighted by Crippen LogP contribution is -2.50. The van der Waals surface area contributed by atoms with E-state index in [1.807, 2.05) is 45.0 Å². The van der Waals surface area contributed by atoms with Crippen LogP contribution in [0.3, 0.4) is 0 Å². The highest BCUT2D eigenvalue weighted by Crippen LogP contribution is 2.30. The van der Waals surface area contributed by atoms with Crippen LogP contribution in [0.1, 0.15) is 61.0 Å². The van der Waals surface area contributed by atoms with Gasteiger partial charge in [0.15, 0.2) is 0 Å². The Kier molecular flexibility index (Phi) is 8.67. The molecule has 3 rings (SSSR count). The van der Waals surface area contributed by atoms with Gasteiger partial charge in [0.1, 0.15) is 10.9 Å². The molecule has 9 heteroatoms. The van der Waals surface area contributed by atoms with Gasteiger partial charge in [0.05, 0.1) is 5.56 Å². The molecule has 1 atom stereocenters. The quantitative estimate of drug-likeness (QED) is 0.478. The summed E-state index contributed by atoms with van der Waals surface area (Å²) in [5.74, 6) is -1.26. The van der Waals surface area contributed by atoms with Crippen LogP contribution in [0.25, 0.3) is 0 Å². The van der Waals surface area contributed by atoms with Gasteiger partial charge in [-0.05, 0) is 43.0 Å². The average Bonchev–Trinajstić information content (AvgIpc) is 3.03. The van der Waals surface area contributed by atoms with Gasteiger partial charge in [0.2, 0.25) is 11.8 Å². The first-order valence-electron chi connectivity index (χ1n) is 12.0. The molecular formula is C26H33N3O5S. The molecule has 0 fully saturated rings. The summed E-state index contributed by atoms with van der Waals surface area (Å²) in [7, 11) is -4.01. The van der Waals surface area contributed by atoms with Gasteiger partial charge < -0.3 is 10.2 Å². The Hall–Kier alpha value is -3.20. The second kappa shape index (κ2) is 11.5. The van der Waals surface area contributed by atoms with E-state index >= 15 is 0 Å². The lowest BCUT2D eigenvalue weighted by molar-refractivity contribution is -0.141. The van der Waals surface area contributed by atoms with Crippen LogP contribution < -0.4 is 5.32 Å². The summed E-state index contributed by atoms with van der Waals surface area (Å²) in [6.07, 6.45) is 1.96. The first-order chi connectivity index (χ1) is 16.7. The maximum atomic E-state index is 13.5. The van der Waals surface area contributed by atoms with E-state index in [4.69, 9.17) is 0 Å². The van der Waals surface area contributed by atoms with Crippen LogP contribution in [-0.4, -0.2) is 54.5 Å². The molecule has 3 amide bonds. The first-order valence-corrected chi connectivity index (χ1v) is 13.4. The minimum Gasteiger partial charge on any atom is -0.354 e. The predicted molar refractivity (Wildman–Crippen MR) is 133 cm³/mol. The van der Waals surface area contributed by atoms with Crippen LogP contribution in [0.15, 0.2) is 53.4 Å². The van der Waals surface area contributed by atoms with Crippen molar-refractivity contribution in [1.82, 2.24) is 14.5 Å². The SMILES string of the molecule is CCCCNC(=O)C(CC)N(Cc1ccccc1C)C(=O)CCN1C(=O)c2ccccc2S1(=O)=O. The molecule has 0 spiro atoms. The summed E-state index contributed by atoms with van der Waals surface area (Å²) in [5.41, 5.74) is 2.00. The smallest absolute Gasteiger partial charge is 0.269 e. The predicted octanol–water partition coefficient (Wildman–Crippen LogP) is 3.25. The Morgan fingerprint density at radius 3 is 2.40 bits per heavy atom. The molecule has 0 saturated heterocycles. The Morgan fingerprint density at radius 1 is 1.06 bits per heavy atom. The summed E-state index contributed by atoms with van der Waals surface area (Å²) in [5, 5.41) is 2.91. The number of hydrogen-bond donors (Lipinski definition) is 1. The fourth-order valence-corrected chi connectivity index (χ4v) is 5.76. The zero-order valence-electron chi connectivity index (χ0n) is 20.5. The normalized spacial score (nSPS) is 14.9. The highest BCUT2D eigenvalue weighted by atomic mass is 32.2. The maximum Gasteiger partial charge on any atom is 0.269 e. The average molecular weight is 500 g/mol. The topological polar surface area (TPSA) is 104 Å². The number of nitrogens with one attached hydrogen (secondary N) is 1. The second-order valence-electron chi connectivity index (χ2n) is 8.65. The number of aryl methyl sites for hydroxylation is 1. The van der Waals surface area contributed by atoms with Gasteiger partial charge in [0.25, 0.3) is 15.9 Å². The molecule has 2 aromatic rings. The van der Waals surface area contributed by atoms with E-state index in [-0.39, 0.29) is 41.8 Å². The molecule has 1 aliphatic rings. The molecule has 35 heavy (non-hydrogen) atoms. The molecule has 1 aliphatic heterocycles. The summed E-state index contributed by atoms with van der Waals surface area (Å²) in [4.78, 5) is 40.6. The second-order valence-corrected chi connectivity index (χ2v) is 10.5. The fourth-order valence-electron chi connectivity index (χ4n) is 4.19. The number of amides is 3. The van der Waals surface area contributed by atoms with E-state index in [0.29, 0.717) is 13.0 Å². The monoisotopic (exact) mass is 499 g/mol. The van der Waals surface area contributed by atoms with E-state index in [1.54, 1.807) is 12.1 Å². The number of hydrogen-bond acceptors (Lipinski definition) is 5. The number of nitrogens with zero attached hydrogens (tertiary/aromatic N) is 2. The third kappa shape index (κ3) is 5.73. The molecule has 0 bridgehead atoms. The number of rotatable bonds is 11. The van der Waals surface area contributed by atoms with Crippen molar-refractivity contribution in [3.05, 3.63) is 65.2 Å². The summed E-state index contributed by atoms with van der Waals surface area (Å²) in [6.45, 7) is 6.26. The largest absolute Gasteiger partial charge is 0.354 e. The minimum atomic E-state index is -4.01. The third-order valence-corrected chi connectivity index (χ3v) is 8.10. The standard InChI is InChI=1S/C26H33N3O5S/c1-4-6-16-27-25(31)22(5-2)28(18-20-12-8-7-11-19(20)3)24(30)15-17-29-26(32)21-13-9-10-14-23(21)35(29,33)34/h7-14,22H,4-6,15-18H2,1-3H3,(H,27,31). The van der Waals surface area contributed by atoms with Gasteiger partial charge in [0, 0.05) is 26.1 Å². The molecule has 8 nitrogen and oxygen atoms in total. The van der Waals surface area contributed by atoms with Crippen molar-refractivity contribution in [1.29, 1.82) is 0 Å². The summed E-state index contributed by atoms with van der Waals surface area (Å²) >= 11 is 0. The molecule has 1 N–H and O–H groups in total. The lowest BCUT2D eigenvalue weighted by atomic mass is 10.1. The lowest BCUT2D eigenvalue weighted by Gasteiger charge is -2.31. The van der Waals surface area contributed by atoms with Crippen molar-refractivity contribution in [3.8, 4) is 0 Å². The van der Waals surface area contributed by atoms with Crippen LogP contribution in [0.2, 0.25) is 0 Å². The Labute approximate surface area is 207 Å². The van der Waals surface area contributed by atoms with E-state index in [9.17, 15) is 22.8 Å². The van der Waals surface area contributed by atoms with Gasteiger partial charge in [-0.15, -0.1) is 0 Å². The Balaban J connectivity index is 1.82. The van der Waals surface area contributed by atoms with Crippen LogP contribution >= 0.6 is 0 Å². The number of fused-ring (bicyclic) bond motifs is 1. The van der Waals surface area contributed by atoms with Gasteiger partial charge in [-0.2, -0.15) is 0 Å². The molecule has 1 heterocycles. The number of unbranched alkanes of at least 4 members (excludes halogenated alkanes) is 1. The van der Waals surface area contributed by atoms with Crippen molar-refractivity contribution in [2.75, 3.05) is 13.1 Å². The number of carbonyl (C=O) groups excluding carboxylic acids is 3. The Bertz CT molecular complexity index is 1190. The zero-order chi connectivity index (χ0) is 25.6. The molecular weight excluding hydrogens is 466 g/mol. The number of carbonyl (C=O) groups is 3. The van der Waals surface area contributed by atoms with Crippen molar-refractivity contribution in [2.24, 2.45) is 0 Å². The molecule has 1 unspecified atom stereocenters. The van der Waals surface area contributed by atoms with E-state index in [0.717, 1.165) is 28.3 Å². The summed E-state index contributed by atoms with van der Waals surface area (Å²) < 4.78 is 26.5. The van der Waals surface area contributed by atoms with E-state index in [1.165, 1.54) is 17.0 Å². The number of benzene rings is 2. The Morgan fingerprint density at radius 2 is 1.74 bits per heavy atom. The molecule has 188 valence electrons. The van der Waals surface area contributed by atoms with Gasteiger partial charge in [-0.25, -0.2) is 12.7 Å². The molecule has 2 aromatic carbocycles. The van der Waals surface area contributed by atoms with Gasteiger partial charge in [-0.3, -0.25) is 14.4 Å². The molecule has 0 radical (unpaired) electrons. The molecule has 0 aliphatic carbocycles. The van der Waals surface area contributed by atoms with Crippen LogP contribution in [0.5, 0.6) is 0 Å². The zero-order valence-corrected chi connectivity index (χ0v) is 21.3. The highest BCUT2D eigenvalue weighted by Gasteiger charge is 2.41. The van der Waals surface area contributed by atoms with Crippen molar-refractivity contribution < 1.29 is 22.8 Å². The molecule has 0 saturated carbocycles. The molecule has 0 aromatic heterocycles. The van der Waals surface area contributed by atoms with Gasteiger partial charge in [-0.1, -0.05) is 56.7 Å². The van der Waals surface area contributed by atoms with Crippen LogP contribution in [0.4, 0.5) is 0 Å². The minimum absolute atomic E-state index is 0.0454. The first kappa shape index (κ1) is 26.4. The van der Waals surface area contributed by atoms with E-state index in [2.05, 4.69) is 5.32 Å². The third-order valence-electron chi connectivity index (χ3n) is 6.26. The highest BCUT2D eigenvalue weighted by molar-refractivity contribution is 7.90. The fraction of sp³-hybridized carbons (Fsp3) is 0.423. The van der Waals surface area contributed by atoms with Crippen LogP contribution in [-0.2, 0) is 26.2 Å². The van der Waals surface area contributed by atoms with Crippen molar-refractivity contribution >= 4 is 27.7 Å². The maximum absolute atomic E-state index is 13.5. The summed E-state index contributed by atoms with van der Waals surface area (Å²) in [6, 6.07) is 12.9. The number of sulfonamides is 1.